The van der Waals surface area contributed by atoms with Gasteiger partial charge in [-0.3, -0.25) is 9.69 Å². The minimum Gasteiger partial charge on any atom is -0.312 e. The first-order chi connectivity index (χ1) is 12.8. The Bertz CT molecular complexity index is 819. The Morgan fingerprint density at radius 3 is 2.69 bits per heavy atom. The molecule has 0 spiro atoms. The number of piperidine rings is 1. The van der Waals surface area contributed by atoms with E-state index in [0.29, 0.717) is 23.3 Å². The smallest absolute Gasteiger partial charge is 0.254 e. The van der Waals surface area contributed by atoms with Crippen LogP contribution in [0.5, 0.6) is 0 Å². The number of nitrogens with zero attached hydrogens (tertiary/aromatic N) is 2. The molecule has 0 radical (unpaired) electrons. The van der Waals surface area contributed by atoms with E-state index in [2.05, 4.69) is 39.1 Å². The maximum atomic E-state index is 13.2. The summed E-state index contributed by atoms with van der Waals surface area (Å²) in [5.41, 5.74) is 2.72. The molecule has 0 N–H and O–H groups in total. The minimum atomic E-state index is 0.329. The highest BCUT2D eigenvalue weighted by molar-refractivity contribution is 7.09. The second kappa shape index (κ2) is 6.97. The Hall–Kier alpha value is -1.39. The number of fused-ring (bicyclic) bond motifs is 4. The van der Waals surface area contributed by atoms with E-state index in [1.54, 1.807) is 0 Å². The minimum absolute atomic E-state index is 0.329. The fourth-order valence-electron chi connectivity index (χ4n) is 5.54. The van der Waals surface area contributed by atoms with Gasteiger partial charge >= 0.3 is 0 Å². The second-order valence-electron chi connectivity index (χ2n) is 8.54. The summed E-state index contributed by atoms with van der Waals surface area (Å²) in [4.78, 5) is 17.3. The van der Waals surface area contributed by atoms with Gasteiger partial charge in [-0.05, 0) is 48.6 Å². The molecule has 3 nitrogen and oxygen atoms in total. The Morgan fingerprint density at radius 1 is 1.00 bits per heavy atom. The number of hydrogen-bond acceptors (Lipinski definition) is 3. The van der Waals surface area contributed by atoms with E-state index in [9.17, 15) is 4.79 Å². The van der Waals surface area contributed by atoms with Gasteiger partial charge in [0.15, 0.2) is 0 Å². The zero-order valence-electron chi connectivity index (χ0n) is 15.4. The van der Waals surface area contributed by atoms with Crippen molar-refractivity contribution in [2.45, 2.75) is 63.5 Å². The summed E-state index contributed by atoms with van der Waals surface area (Å²) in [6.45, 7) is 4.21. The largest absolute Gasteiger partial charge is 0.312 e. The van der Waals surface area contributed by atoms with Gasteiger partial charge in [0.1, 0.15) is 0 Å². The van der Waals surface area contributed by atoms with Crippen LogP contribution in [0.3, 0.4) is 0 Å². The van der Waals surface area contributed by atoms with E-state index in [-0.39, 0.29) is 0 Å². The maximum Gasteiger partial charge on any atom is 0.254 e. The predicted octanol–water partition coefficient (Wildman–Crippen LogP) is 4.58. The molecular formula is C22H28N2OS. The predicted molar refractivity (Wildman–Crippen MR) is 107 cm³/mol. The highest BCUT2D eigenvalue weighted by Crippen LogP contribution is 2.37. The SMILES string of the molecule is O=c1c(C2CCCCC2)ccc2n1C[C@H]1C[C@@H]2CN(Cc2cccs2)C1. The van der Waals surface area contributed by atoms with Crippen LogP contribution < -0.4 is 5.56 Å². The van der Waals surface area contributed by atoms with Crippen molar-refractivity contribution in [1.29, 1.82) is 0 Å². The molecule has 4 heterocycles. The number of pyridine rings is 1. The third kappa shape index (κ3) is 3.07. The van der Waals surface area contributed by atoms with Gasteiger partial charge in [0, 0.05) is 48.2 Å². The zero-order valence-corrected chi connectivity index (χ0v) is 16.2. The molecule has 5 rings (SSSR count). The van der Waals surface area contributed by atoms with Crippen molar-refractivity contribution in [1.82, 2.24) is 9.47 Å². The molecule has 2 bridgehead atoms. The van der Waals surface area contributed by atoms with E-state index >= 15 is 0 Å². The summed E-state index contributed by atoms with van der Waals surface area (Å²) in [5, 5.41) is 2.17. The van der Waals surface area contributed by atoms with Gasteiger partial charge in [-0.15, -0.1) is 11.3 Å². The number of thiophene rings is 1. The lowest BCUT2D eigenvalue weighted by Crippen LogP contribution is -2.47. The third-order valence-corrected chi connectivity index (χ3v) is 7.58. The zero-order chi connectivity index (χ0) is 17.5. The second-order valence-corrected chi connectivity index (χ2v) is 9.57. The molecule has 2 aliphatic heterocycles. The van der Waals surface area contributed by atoms with Crippen LogP contribution in [0.15, 0.2) is 34.4 Å². The topological polar surface area (TPSA) is 25.2 Å². The Morgan fingerprint density at radius 2 is 1.88 bits per heavy atom. The van der Waals surface area contributed by atoms with Crippen LogP contribution in [0.2, 0.25) is 0 Å². The lowest BCUT2D eigenvalue weighted by atomic mass is 9.81. The Kier molecular flexibility index (Phi) is 4.49. The first-order valence-electron chi connectivity index (χ1n) is 10.3. The summed E-state index contributed by atoms with van der Waals surface area (Å²) >= 11 is 1.85. The van der Waals surface area contributed by atoms with Crippen LogP contribution in [0.4, 0.5) is 0 Å². The van der Waals surface area contributed by atoms with Crippen molar-refractivity contribution in [3.05, 3.63) is 56.1 Å². The first kappa shape index (κ1) is 16.8. The molecule has 26 heavy (non-hydrogen) atoms. The third-order valence-electron chi connectivity index (χ3n) is 6.71. The molecule has 138 valence electrons. The number of rotatable bonds is 3. The quantitative estimate of drug-likeness (QED) is 0.792. The van der Waals surface area contributed by atoms with Gasteiger partial charge in [0.25, 0.3) is 5.56 Å². The number of hydrogen-bond donors (Lipinski definition) is 0. The van der Waals surface area contributed by atoms with Gasteiger partial charge in [-0.1, -0.05) is 31.4 Å². The fourth-order valence-corrected chi connectivity index (χ4v) is 6.28. The molecule has 2 aromatic heterocycles. The van der Waals surface area contributed by atoms with Crippen molar-refractivity contribution in [3.8, 4) is 0 Å². The lowest BCUT2D eigenvalue weighted by molar-refractivity contribution is 0.115. The summed E-state index contributed by atoms with van der Waals surface area (Å²) in [6.07, 6.45) is 7.58. The van der Waals surface area contributed by atoms with Gasteiger partial charge in [0.2, 0.25) is 0 Å². The first-order valence-corrected chi connectivity index (χ1v) is 11.1. The molecule has 1 aliphatic carbocycles. The van der Waals surface area contributed by atoms with Crippen LogP contribution in [0.25, 0.3) is 0 Å². The summed E-state index contributed by atoms with van der Waals surface area (Å²) in [6, 6.07) is 8.86. The van der Waals surface area contributed by atoms with Gasteiger partial charge < -0.3 is 4.57 Å². The summed E-state index contributed by atoms with van der Waals surface area (Å²) in [5.74, 6) is 1.65. The van der Waals surface area contributed by atoms with Crippen LogP contribution in [-0.4, -0.2) is 22.6 Å². The Labute approximate surface area is 159 Å². The number of likely N-dealkylation sites (tertiary alicyclic amines) is 1. The summed E-state index contributed by atoms with van der Waals surface area (Å²) < 4.78 is 2.16. The highest BCUT2D eigenvalue weighted by atomic mass is 32.1. The molecule has 3 aliphatic rings. The van der Waals surface area contributed by atoms with Crippen LogP contribution in [0.1, 0.15) is 66.5 Å². The van der Waals surface area contributed by atoms with Crippen molar-refractivity contribution in [2.24, 2.45) is 5.92 Å². The van der Waals surface area contributed by atoms with Crippen LogP contribution >= 0.6 is 11.3 Å². The molecule has 2 atom stereocenters. The van der Waals surface area contributed by atoms with Gasteiger partial charge in [-0.25, -0.2) is 0 Å². The molecular weight excluding hydrogens is 340 g/mol. The average Bonchev–Trinajstić information content (AvgIpc) is 3.16. The Balaban J connectivity index is 1.40. The highest BCUT2D eigenvalue weighted by Gasteiger charge is 2.35. The fraction of sp³-hybridized carbons (Fsp3) is 0.591. The van der Waals surface area contributed by atoms with Gasteiger partial charge in [0.05, 0.1) is 0 Å². The molecule has 0 unspecified atom stereocenters. The van der Waals surface area contributed by atoms with Gasteiger partial charge in [-0.2, -0.15) is 0 Å². The van der Waals surface area contributed by atoms with Crippen molar-refractivity contribution in [3.63, 3.8) is 0 Å². The normalized spacial score (nSPS) is 26.6. The number of aromatic nitrogens is 1. The average molecular weight is 369 g/mol. The molecule has 2 aromatic rings. The van der Waals surface area contributed by atoms with Crippen molar-refractivity contribution < 1.29 is 0 Å². The summed E-state index contributed by atoms with van der Waals surface area (Å²) in [7, 11) is 0. The maximum absolute atomic E-state index is 13.2. The van der Waals surface area contributed by atoms with E-state index in [1.165, 1.54) is 49.1 Å². The van der Waals surface area contributed by atoms with Crippen molar-refractivity contribution in [2.75, 3.05) is 13.1 Å². The van der Waals surface area contributed by atoms with E-state index in [0.717, 1.165) is 31.7 Å². The molecule has 2 fully saturated rings. The standard InChI is InChI=1S/C22H28N2OS/c25-22-20(17-5-2-1-3-6-17)8-9-21-18-11-16(13-24(21)22)12-23(14-18)15-19-7-4-10-26-19/h4,7-10,16-18H,1-3,5-6,11-15H2/t16-,18+/m0/s1. The molecule has 1 saturated carbocycles. The molecule has 0 amide bonds. The van der Waals surface area contributed by atoms with Crippen molar-refractivity contribution >= 4 is 11.3 Å². The molecule has 1 saturated heterocycles. The van der Waals surface area contributed by atoms with Crippen LogP contribution in [0, 0.1) is 5.92 Å². The monoisotopic (exact) mass is 368 g/mol. The van der Waals surface area contributed by atoms with E-state index in [1.807, 2.05) is 11.3 Å². The van der Waals surface area contributed by atoms with E-state index < -0.39 is 0 Å². The van der Waals surface area contributed by atoms with E-state index in [4.69, 9.17) is 0 Å². The molecule has 4 heteroatoms. The van der Waals surface area contributed by atoms with Crippen LogP contribution in [-0.2, 0) is 13.1 Å². The lowest BCUT2D eigenvalue weighted by Gasteiger charge is -2.43. The molecule has 0 aromatic carbocycles.